The molecule has 39 heavy (non-hydrogen) atoms. The number of carbonyl (C=O) groups excluding carboxylic acids is 2. The molecule has 0 aliphatic carbocycles. The van der Waals surface area contributed by atoms with Crippen molar-refractivity contribution in [3.05, 3.63) is 89.0 Å². The fraction of sp³-hybridized carbons (Fsp3) is 0.214. The number of benzene rings is 3. The molecule has 11 heteroatoms. The van der Waals surface area contributed by atoms with Crippen molar-refractivity contribution in [3.63, 3.8) is 0 Å². The summed E-state index contributed by atoms with van der Waals surface area (Å²) in [6.45, 7) is 1.67. The Morgan fingerprint density at radius 2 is 1.92 bits per heavy atom. The van der Waals surface area contributed by atoms with Gasteiger partial charge < -0.3 is 25.8 Å². The zero-order chi connectivity index (χ0) is 28.0. The second-order valence-electron chi connectivity index (χ2n) is 9.05. The summed E-state index contributed by atoms with van der Waals surface area (Å²) < 4.78 is 24.0. The highest BCUT2D eigenvalue weighted by atomic mass is 35.5. The van der Waals surface area contributed by atoms with Gasteiger partial charge in [0.25, 0.3) is 0 Å². The number of nitrogens with one attached hydrogen (secondary N) is 2. The van der Waals surface area contributed by atoms with Crippen LogP contribution in [0.2, 0.25) is 5.02 Å². The zero-order valence-corrected chi connectivity index (χ0v) is 22.1. The first-order chi connectivity index (χ1) is 18.7. The molecular formula is C28H27ClFN5O4. The monoisotopic (exact) mass is 551 g/mol. The number of fused-ring (bicyclic) bond motifs is 1. The van der Waals surface area contributed by atoms with Crippen LogP contribution in [0.25, 0.3) is 10.9 Å². The van der Waals surface area contributed by atoms with Crippen LogP contribution in [0.4, 0.5) is 15.9 Å². The van der Waals surface area contributed by atoms with Gasteiger partial charge in [-0.3, -0.25) is 9.59 Å². The largest absolute Gasteiger partial charge is 0.487 e. The molecule has 2 amide bonds. The molecule has 1 atom stereocenters. The number of methoxy groups -OCH3 is 1. The summed E-state index contributed by atoms with van der Waals surface area (Å²) in [4.78, 5) is 33.1. The van der Waals surface area contributed by atoms with E-state index >= 15 is 0 Å². The van der Waals surface area contributed by atoms with Gasteiger partial charge in [-0.1, -0.05) is 29.8 Å². The van der Waals surface area contributed by atoms with Gasteiger partial charge in [0.2, 0.25) is 11.8 Å². The summed E-state index contributed by atoms with van der Waals surface area (Å²) in [6.07, 6.45) is 1.42. The SMILES string of the molecule is COCC(=O)NCC(C)(C(N)=O)c1ccc2ncnc(Nc3ccc(OCc4cccc(F)c4)c(Cl)c3)c2c1. The smallest absolute Gasteiger partial charge is 0.246 e. The van der Waals surface area contributed by atoms with E-state index in [0.29, 0.717) is 44.3 Å². The maximum absolute atomic E-state index is 13.4. The molecule has 1 aromatic heterocycles. The number of primary amides is 1. The number of nitrogens with two attached hydrogens (primary N) is 1. The van der Waals surface area contributed by atoms with Crippen LogP contribution in [0.15, 0.2) is 67.0 Å². The molecule has 1 unspecified atom stereocenters. The number of carbonyl (C=O) groups is 2. The summed E-state index contributed by atoms with van der Waals surface area (Å²) in [5.74, 6) is -0.396. The fourth-order valence-corrected chi connectivity index (χ4v) is 4.14. The normalized spacial score (nSPS) is 12.5. The number of hydrogen-bond acceptors (Lipinski definition) is 7. The first-order valence-corrected chi connectivity index (χ1v) is 12.3. The number of nitrogens with zero attached hydrogens (tertiary/aromatic N) is 2. The summed E-state index contributed by atoms with van der Waals surface area (Å²) in [5, 5.41) is 6.90. The van der Waals surface area contributed by atoms with Crippen molar-refractivity contribution < 1.29 is 23.5 Å². The Kier molecular flexibility index (Phi) is 8.58. The van der Waals surface area contributed by atoms with Crippen LogP contribution in [-0.4, -0.2) is 42.0 Å². The predicted molar refractivity (Wildman–Crippen MR) is 146 cm³/mol. The number of halogens is 2. The molecule has 0 aliphatic rings. The number of rotatable bonds is 11. The average Bonchev–Trinajstić information content (AvgIpc) is 2.91. The molecule has 0 aliphatic heterocycles. The Morgan fingerprint density at radius 3 is 2.64 bits per heavy atom. The molecule has 4 aromatic rings. The molecule has 0 radical (unpaired) electrons. The lowest BCUT2D eigenvalue weighted by Gasteiger charge is -2.27. The lowest BCUT2D eigenvalue weighted by molar-refractivity contribution is -0.126. The van der Waals surface area contributed by atoms with Gasteiger partial charge in [0, 0.05) is 24.7 Å². The van der Waals surface area contributed by atoms with Gasteiger partial charge in [-0.25, -0.2) is 14.4 Å². The third-order valence-electron chi connectivity index (χ3n) is 6.21. The van der Waals surface area contributed by atoms with Crippen molar-refractivity contribution in [3.8, 4) is 5.75 Å². The zero-order valence-electron chi connectivity index (χ0n) is 21.3. The van der Waals surface area contributed by atoms with Crippen molar-refractivity contribution in [1.82, 2.24) is 15.3 Å². The number of hydrogen-bond donors (Lipinski definition) is 3. The minimum atomic E-state index is -1.20. The molecule has 9 nitrogen and oxygen atoms in total. The van der Waals surface area contributed by atoms with Gasteiger partial charge in [0.15, 0.2) is 0 Å². The van der Waals surface area contributed by atoms with Gasteiger partial charge in [0.1, 0.15) is 36.9 Å². The highest BCUT2D eigenvalue weighted by molar-refractivity contribution is 6.32. The molecule has 0 saturated heterocycles. The van der Waals surface area contributed by atoms with Crippen LogP contribution >= 0.6 is 11.6 Å². The number of ether oxygens (including phenoxy) is 2. The Balaban J connectivity index is 1.57. The number of amides is 2. The van der Waals surface area contributed by atoms with E-state index in [2.05, 4.69) is 20.6 Å². The van der Waals surface area contributed by atoms with Crippen LogP contribution in [-0.2, 0) is 26.3 Å². The molecular weight excluding hydrogens is 525 g/mol. The maximum Gasteiger partial charge on any atom is 0.246 e. The molecule has 0 bridgehead atoms. The van der Waals surface area contributed by atoms with E-state index in [1.165, 1.54) is 25.6 Å². The van der Waals surface area contributed by atoms with Crippen molar-refractivity contribution in [1.29, 1.82) is 0 Å². The average molecular weight is 552 g/mol. The summed E-state index contributed by atoms with van der Waals surface area (Å²) in [7, 11) is 1.41. The Bertz CT molecular complexity index is 1520. The molecule has 4 rings (SSSR count). The lowest BCUT2D eigenvalue weighted by Crippen LogP contribution is -2.48. The van der Waals surface area contributed by atoms with Crippen molar-refractivity contribution in [2.45, 2.75) is 18.9 Å². The van der Waals surface area contributed by atoms with Gasteiger partial charge in [-0.05, 0) is 60.5 Å². The van der Waals surface area contributed by atoms with Crippen LogP contribution in [0.3, 0.4) is 0 Å². The Morgan fingerprint density at radius 1 is 1.10 bits per heavy atom. The van der Waals surface area contributed by atoms with Crippen LogP contribution in [0.5, 0.6) is 5.75 Å². The molecule has 4 N–H and O–H groups in total. The molecule has 202 valence electrons. The van der Waals surface area contributed by atoms with Gasteiger partial charge >= 0.3 is 0 Å². The summed E-state index contributed by atoms with van der Waals surface area (Å²) in [5.41, 5.74) is 7.08. The van der Waals surface area contributed by atoms with Crippen molar-refractivity contribution in [2.24, 2.45) is 5.73 Å². The lowest BCUT2D eigenvalue weighted by atomic mass is 9.81. The summed E-state index contributed by atoms with van der Waals surface area (Å²) in [6, 6.07) is 16.6. The third-order valence-corrected chi connectivity index (χ3v) is 6.50. The maximum atomic E-state index is 13.4. The molecule has 1 heterocycles. The number of aromatic nitrogens is 2. The quantitative estimate of drug-likeness (QED) is 0.254. The second-order valence-corrected chi connectivity index (χ2v) is 9.46. The summed E-state index contributed by atoms with van der Waals surface area (Å²) >= 11 is 6.45. The van der Waals surface area contributed by atoms with Gasteiger partial charge in [-0.15, -0.1) is 0 Å². The van der Waals surface area contributed by atoms with Crippen LogP contribution < -0.4 is 21.1 Å². The first kappa shape index (κ1) is 27.7. The Hall–Kier alpha value is -4.28. The number of anilines is 2. The van der Waals surface area contributed by atoms with Crippen LogP contribution in [0, 0.1) is 5.82 Å². The van der Waals surface area contributed by atoms with Crippen LogP contribution in [0.1, 0.15) is 18.1 Å². The molecule has 0 spiro atoms. The molecule has 0 saturated carbocycles. The van der Waals surface area contributed by atoms with E-state index in [1.807, 2.05) is 0 Å². The van der Waals surface area contributed by atoms with Gasteiger partial charge in [0.05, 0.1) is 16.0 Å². The highest BCUT2D eigenvalue weighted by Crippen LogP contribution is 2.33. The highest BCUT2D eigenvalue weighted by Gasteiger charge is 2.34. The van der Waals surface area contributed by atoms with Crippen molar-refractivity contribution in [2.75, 3.05) is 25.6 Å². The Labute approximate surface area is 229 Å². The second kappa shape index (κ2) is 12.1. The first-order valence-electron chi connectivity index (χ1n) is 11.9. The minimum Gasteiger partial charge on any atom is -0.487 e. The van der Waals surface area contributed by atoms with E-state index in [4.69, 9.17) is 26.8 Å². The van der Waals surface area contributed by atoms with E-state index in [1.54, 1.807) is 55.5 Å². The molecule has 3 aromatic carbocycles. The third kappa shape index (κ3) is 6.60. The van der Waals surface area contributed by atoms with Crippen molar-refractivity contribution >= 4 is 45.8 Å². The predicted octanol–water partition coefficient (Wildman–Crippen LogP) is 4.25. The standard InChI is InChI=1S/C28H27ClFN5O4/c1-28(27(31)37,15-32-25(36)14-38-2)18-6-8-23-21(11-18)26(34-16-33-23)35-20-7-9-24(22(29)12-20)39-13-17-4-3-5-19(30)10-17/h3-12,16H,13-15H2,1-2H3,(H2,31,37)(H,32,36)(H,33,34,35). The fourth-order valence-electron chi connectivity index (χ4n) is 3.91. The van der Waals surface area contributed by atoms with E-state index in [9.17, 15) is 14.0 Å². The topological polar surface area (TPSA) is 128 Å². The van der Waals surface area contributed by atoms with E-state index in [0.717, 1.165) is 0 Å². The van der Waals surface area contributed by atoms with E-state index < -0.39 is 11.3 Å². The molecule has 0 fully saturated rings. The minimum absolute atomic E-state index is 0.0147. The van der Waals surface area contributed by atoms with Gasteiger partial charge in [-0.2, -0.15) is 0 Å². The van der Waals surface area contributed by atoms with E-state index in [-0.39, 0.29) is 31.5 Å².